The average molecular weight is 388 g/mol. The molecular weight excluding hydrogens is 364 g/mol. The van der Waals surface area contributed by atoms with Gasteiger partial charge in [-0.05, 0) is 61.6 Å². The van der Waals surface area contributed by atoms with E-state index in [4.69, 9.17) is 9.72 Å². The second-order valence-corrected chi connectivity index (χ2v) is 8.35. The Morgan fingerprint density at radius 3 is 2.72 bits per heavy atom. The average Bonchev–Trinajstić information content (AvgIpc) is 3.08. The summed E-state index contributed by atoms with van der Waals surface area (Å²) in [5.74, 6) is -0.260. The molecule has 0 radical (unpaired) electrons. The highest BCUT2D eigenvalue weighted by molar-refractivity contribution is 5.89. The van der Waals surface area contributed by atoms with Gasteiger partial charge in [0, 0.05) is 10.9 Å². The topological polar surface area (TPSA) is 61.2 Å². The van der Waals surface area contributed by atoms with Crippen LogP contribution in [0.4, 0.5) is 0 Å². The number of rotatable bonds is 2. The third-order valence-electron chi connectivity index (χ3n) is 6.85. The summed E-state index contributed by atoms with van der Waals surface area (Å²) in [6, 6.07) is 8.35. The molecule has 0 saturated carbocycles. The normalized spacial score (nSPS) is 19.7. The van der Waals surface area contributed by atoms with Gasteiger partial charge in [-0.3, -0.25) is 9.59 Å². The van der Waals surface area contributed by atoms with Crippen LogP contribution in [0.5, 0.6) is 0 Å². The van der Waals surface area contributed by atoms with Crippen molar-refractivity contribution >= 4 is 16.9 Å². The molecule has 1 unspecified atom stereocenters. The van der Waals surface area contributed by atoms with E-state index in [-0.39, 0.29) is 18.1 Å². The lowest BCUT2D eigenvalue weighted by Crippen LogP contribution is -2.42. The maximum Gasteiger partial charge on any atom is 0.316 e. The summed E-state index contributed by atoms with van der Waals surface area (Å²) in [6.07, 6.45) is 1.53. The van der Waals surface area contributed by atoms with Gasteiger partial charge in [0.05, 0.1) is 34.4 Å². The number of carbonyl (C=O) groups excluding carboxylic acids is 1. The van der Waals surface area contributed by atoms with Crippen LogP contribution in [0.25, 0.3) is 22.3 Å². The minimum Gasteiger partial charge on any atom is -0.460 e. The molecule has 148 valence electrons. The fourth-order valence-corrected chi connectivity index (χ4v) is 4.85. The summed E-state index contributed by atoms with van der Waals surface area (Å²) in [5, 5.41) is 1.16. The Bertz CT molecular complexity index is 1270. The van der Waals surface area contributed by atoms with E-state index in [0.29, 0.717) is 18.5 Å². The van der Waals surface area contributed by atoms with Crippen molar-refractivity contribution < 1.29 is 9.53 Å². The molecule has 29 heavy (non-hydrogen) atoms. The highest BCUT2D eigenvalue weighted by Gasteiger charge is 2.43. The summed E-state index contributed by atoms with van der Waals surface area (Å²) in [4.78, 5) is 30.7. The SMILES string of the molecule is CCc1c(C)ccc2nc3c(cc12)Cn1c-3cc2c(c1=O)COC(=O)C2(C)CC. The zero-order chi connectivity index (χ0) is 20.5. The molecule has 0 amide bonds. The number of benzene rings is 1. The Hall–Kier alpha value is -2.95. The molecule has 3 aromatic rings. The number of ether oxygens (including phenoxy) is 1. The predicted octanol–water partition coefficient (Wildman–Crippen LogP) is 4.02. The second-order valence-electron chi connectivity index (χ2n) is 8.35. The van der Waals surface area contributed by atoms with Crippen LogP contribution in [-0.4, -0.2) is 15.5 Å². The van der Waals surface area contributed by atoms with Crippen molar-refractivity contribution in [3.05, 3.63) is 62.4 Å². The van der Waals surface area contributed by atoms with Crippen LogP contribution in [0.3, 0.4) is 0 Å². The largest absolute Gasteiger partial charge is 0.460 e. The smallest absolute Gasteiger partial charge is 0.316 e. The highest BCUT2D eigenvalue weighted by Crippen LogP contribution is 2.40. The van der Waals surface area contributed by atoms with Crippen LogP contribution in [0.1, 0.15) is 55.0 Å². The summed E-state index contributed by atoms with van der Waals surface area (Å²) in [5.41, 5.74) is 6.75. The van der Waals surface area contributed by atoms with Crippen LogP contribution in [0.2, 0.25) is 0 Å². The van der Waals surface area contributed by atoms with E-state index >= 15 is 0 Å². The van der Waals surface area contributed by atoms with Crippen molar-refractivity contribution in [2.75, 3.05) is 0 Å². The lowest BCUT2D eigenvalue weighted by Gasteiger charge is -2.33. The van der Waals surface area contributed by atoms with Gasteiger partial charge in [-0.15, -0.1) is 0 Å². The van der Waals surface area contributed by atoms with Gasteiger partial charge in [0.2, 0.25) is 0 Å². The van der Waals surface area contributed by atoms with E-state index < -0.39 is 5.41 Å². The number of carbonyl (C=O) groups is 1. The monoisotopic (exact) mass is 388 g/mol. The molecule has 2 aliphatic heterocycles. The molecule has 1 aromatic carbocycles. The van der Waals surface area contributed by atoms with E-state index in [2.05, 4.69) is 32.0 Å². The Kier molecular flexibility index (Phi) is 3.76. The van der Waals surface area contributed by atoms with Gasteiger partial charge in [-0.1, -0.05) is 19.9 Å². The zero-order valence-corrected chi connectivity index (χ0v) is 17.3. The van der Waals surface area contributed by atoms with E-state index in [0.717, 1.165) is 39.8 Å². The molecule has 4 heterocycles. The number of fused-ring (bicyclic) bond motifs is 5. The molecule has 0 spiro atoms. The Balaban J connectivity index is 1.79. The van der Waals surface area contributed by atoms with Gasteiger partial charge in [-0.2, -0.15) is 0 Å². The number of esters is 1. The summed E-state index contributed by atoms with van der Waals surface area (Å²) in [7, 11) is 0. The maximum absolute atomic E-state index is 13.3. The molecule has 2 aliphatic rings. The molecule has 5 nitrogen and oxygen atoms in total. The molecule has 5 heteroatoms. The van der Waals surface area contributed by atoms with Crippen LogP contribution < -0.4 is 5.56 Å². The Morgan fingerprint density at radius 2 is 2.00 bits per heavy atom. The summed E-state index contributed by atoms with van der Waals surface area (Å²) >= 11 is 0. The van der Waals surface area contributed by atoms with Crippen LogP contribution in [-0.2, 0) is 34.5 Å². The lowest BCUT2D eigenvalue weighted by atomic mass is 9.76. The predicted molar refractivity (Wildman–Crippen MR) is 112 cm³/mol. The van der Waals surface area contributed by atoms with Crippen LogP contribution >= 0.6 is 0 Å². The van der Waals surface area contributed by atoms with Gasteiger partial charge in [0.1, 0.15) is 6.61 Å². The second kappa shape index (κ2) is 6.02. The highest BCUT2D eigenvalue weighted by atomic mass is 16.5. The molecule has 0 fully saturated rings. The minimum absolute atomic E-state index is 0.0494. The molecule has 0 bridgehead atoms. The number of hydrogen-bond acceptors (Lipinski definition) is 4. The number of aromatic nitrogens is 2. The van der Waals surface area contributed by atoms with Crippen LogP contribution in [0, 0.1) is 6.92 Å². The standard InChI is InChI=1S/C24H24N2O3/c1-5-15-13(3)7-8-19-16(15)9-14-11-26-20(21(14)25-19)10-18-17(22(26)27)12-29-23(28)24(18,4)6-2/h7-10H,5-6,11-12H2,1-4H3. The number of aryl methyl sites for hydroxylation is 2. The molecular formula is C24H24N2O3. The first-order valence-electron chi connectivity index (χ1n) is 10.3. The Labute approximate surface area is 169 Å². The first-order valence-corrected chi connectivity index (χ1v) is 10.3. The molecule has 1 atom stereocenters. The van der Waals surface area contributed by atoms with Gasteiger partial charge < -0.3 is 9.30 Å². The maximum atomic E-state index is 13.3. The van der Waals surface area contributed by atoms with Crippen molar-refractivity contribution in [1.29, 1.82) is 0 Å². The van der Waals surface area contributed by atoms with E-state index in [1.807, 2.05) is 19.9 Å². The first kappa shape index (κ1) is 18.1. The van der Waals surface area contributed by atoms with Crippen molar-refractivity contribution in [2.45, 2.75) is 59.1 Å². The number of nitrogens with zero attached hydrogens (tertiary/aromatic N) is 2. The van der Waals surface area contributed by atoms with Gasteiger partial charge in [0.15, 0.2) is 0 Å². The quantitative estimate of drug-likeness (QED) is 0.487. The van der Waals surface area contributed by atoms with Crippen molar-refractivity contribution in [1.82, 2.24) is 9.55 Å². The van der Waals surface area contributed by atoms with Crippen molar-refractivity contribution in [3.8, 4) is 11.4 Å². The van der Waals surface area contributed by atoms with E-state index in [1.165, 1.54) is 11.1 Å². The Morgan fingerprint density at radius 1 is 1.21 bits per heavy atom. The van der Waals surface area contributed by atoms with Crippen molar-refractivity contribution in [2.24, 2.45) is 0 Å². The number of hydrogen-bond donors (Lipinski definition) is 0. The molecule has 0 aliphatic carbocycles. The fourth-order valence-electron chi connectivity index (χ4n) is 4.85. The van der Waals surface area contributed by atoms with E-state index in [1.54, 1.807) is 4.57 Å². The van der Waals surface area contributed by atoms with E-state index in [9.17, 15) is 9.59 Å². The van der Waals surface area contributed by atoms with Gasteiger partial charge in [0.25, 0.3) is 5.56 Å². The van der Waals surface area contributed by atoms with Gasteiger partial charge in [-0.25, -0.2) is 4.98 Å². The summed E-state index contributed by atoms with van der Waals surface area (Å²) < 4.78 is 7.15. The minimum atomic E-state index is -0.797. The lowest BCUT2D eigenvalue weighted by molar-refractivity contribution is -0.153. The summed E-state index contributed by atoms with van der Waals surface area (Å²) in [6.45, 7) is 8.66. The number of pyridine rings is 2. The molecule has 0 saturated heterocycles. The van der Waals surface area contributed by atoms with Crippen molar-refractivity contribution in [3.63, 3.8) is 0 Å². The fraction of sp³-hybridized carbons (Fsp3) is 0.375. The molecule has 5 rings (SSSR count). The zero-order valence-electron chi connectivity index (χ0n) is 17.3. The first-order chi connectivity index (χ1) is 13.9. The third kappa shape index (κ3) is 2.30. The van der Waals surface area contributed by atoms with Crippen LogP contribution in [0.15, 0.2) is 29.1 Å². The molecule has 2 aromatic heterocycles. The number of cyclic esters (lactones) is 1. The third-order valence-corrected chi connectivity index (χ3v) is 6.85. The molecule has 0 N–H and O–H groups in total. The van der Waals surface area contributed by atoms with Gasteiger partial charge >= 0.3 is 5.97 Å².